The van der Waals surface area contributed by atoms with E-state index < -0.39 is 0 Å². The summed E-state index contributed by atoms with van der Waals surface area (Å²) in [5.74, 6) is 2.99. The molecule has 0 radical (unpaired) electrons. The van der Waals surface area contributed by atoms with E-state index in [0.29, 0.717) is 6.04 Å². The lowest BCUT2D eigenvalue weighted by molar-refractivity contribution is 0.737. The summed E-state index contributed by atoms with van der Waals surface area (Å²) < 4.78 is 0. The Balaban J connectivity index is 2.25. The van der Waals surface area contributed by atoms with Gasteiger partial charge in [-0.15, -0.1) is 0 Å². The van der Waals surface area contributed by atoms with Crippen LogP contribution in [0.3, 0.4) is 0 Å². The lowest BCUT2D eigenvalue weighted by atomic mass is 10.3. The zero-order valence-corrected chi connectivity index (χ0v) is 11.7. The maximum Gasteiger partial charge on any atom is 0.134 e. The number of nitrogens with zero attached hydrogens (tertiary/aromatic N) is 3. The van der Waals surface area contributed by atoms with E-state index >= 15 is 0 Å². The van der Waals surface area contributed by atoms with E-state index in [4.69, 9.17) is 4.98 Å². The Bertz CT molecular complexity index is 387. The normalized spacial score (nSPS) is 14.6. The van der Waals surface area contributed by atoms with Crippen LogP contribution in [0.4, 0.5) is 11.6 Å². The van der Waals surface area contributed by atoms with Crippen LogP contribution in [0.1, 0.15) is 45.4 Å². The van der Waals surface area contributed by atoms with Gasteiger partial charge in [-0.05, 0) is 25.7 Å². The van der Waals surface area contributed by atoms with Crippen molar-refractivity contribution < 1.29 is 0 Å². The first kappa shape index (κ1) is 13.1. The number of hydrogen-bond donors (Lipinski definition) is 1. The molecule has 0 amide bonds. The lowest BCUT2D eigenvalue weighted by Gasteiger charge is -2.23. The highest BCUT2D eigenvalue weighted by atomic mass is 15.2. The molecular formula is C14H24N4. The van der Waals surface area contributed by atoms with Crippen molar-refractivity contribution in [3.63, 3.8) is 0 Å². The molecule has 2 rings (SSSR count). The quantitative estimate of drug-likeness (QED) is 0.805. The summed E-state index contributed by atoms with van der Waals surface area (Å²) in [5, 5.41) is 3.14. The van der Waals surface area contributed by atoms with Crippen molar-refractivity contribution in [1.82, 2.24) is 9.97 Å². The molecule has 100 valence electrons. The fourth-order valence-corrected chi connectivity index (χ4v) is 2.21. The molecule has 0 spiro atoms. The van der Waals surface area contributed by atoms with Gasteiger partial charge in [-0.2, -0.15) is 0 Å². The van der Waals surface area contributed by atoms with Gasteiger partial charge in [-0.1, -0.05) is 13.8 Å². The van der Waals surface area contributed by atoms with E-state index in [9.17, 15) is 0 Å². The standard InChI is InChI=1S/C14H24N4/c1-4-6-12-16-13(15-3)10-14(17-12)18(9-5-2)11-7-8-11/h10-11H,4-9H2,1-3H3,(H,15,16,17). The molecule has 0 aliphatic heterocycles. The van der Waals surface area contributed by atoms with Crippen molar-refractivity contribution in [2.24, 2.45) is 0 Å². The van der Waals surface area contributed by atoms with Gasteiger partial charge in [0.1, 0.15) is 17.5 Å². The minimum Gasteiger partial charge on any atom is -0.373 e. The number of nitrogens with one attached hydrogen (secondary N) is 1. The first-order chi connectivity index (χ1) is 8.78. The predicted octanol–water partition coefficient (Wildman–Crippen LogP) is 2.85. The third kappa shape index (κ3) is 3.12. The number of aromatic nitrogens is 2. The molecular weight excluding hydrogens is 224 g/mol. The molecule has 1 aliphatic carbocycles. The Hall–Kier alpha value is -1.32. The Morgan fingerprint density at radius 3 is 2.61 bits per heavy atom. The van der Waals surface area contributed by atoms with Gasteiger partial charge >= 0.3 is 0 Å². The summed E-state index contributed by atoms with van der Waals surface area (Å²) in [7, 11) is 1.92. The van der Waals surface area contributed by atoms with Crippen LogP contribution in [0.15, 0.2) is 6.07 Å². The second kappa shape index (κ2) is 6.03. The highest BCUT2D eigenvalue weighted by Gasteiger charge is 2.29. The predicted molar refractivity (Wildman–Crippen MR) is 76.2 cm³/mol. The van der Waals surface area contributed by atoms with Crippen LogP contribution in [0.5, 0.6) is 0 Å². The van der Waals surface area contributed by atoms with E-state index in [2.05, 4.69) is 35.1 Å². The first-order valence-electron chi connectivity index (χ1n) is 7.10. The molecule has 4 nitrogen and oxygen atoms in total. The second-order valence-electron chi connectivity index (χ2n) is 4.95. The van der Waals surface area contributed by atoms with Crippen molar-refractivity contribution in [3.05, 3.63) is 11.9 Å². The Kier molecular flexibility index (Phi) is 4.39. The fraction of sp³-hybridized carbons (Fsp3) is 0.714. The molecule has 1 aromatic heterocycles. The average Bonchev–Trinajstić information content (AvgIpc) is 3.20. The molecule has 1 fully saturated rings. The monoisotopic (exact) mass is 248 g/mol. The highest BCUT2D eigenvalue weighted by molar-refractivity contribution is 5.50. The summed E-state index contributed by atoms with van der Waals surface area (Å²) in [6.45, 7) is 5.48. The average molecular weight is 248 g/mol. The van der Waals surface area contributed by atoms with Crippen LogP contribution >= 0.6 is 0 Å². The zero-order valence-electron chi connectivity index (χ0n) is 11.7. The molecule has 0 unspecified atom stereocenters. The molecule has 1 N–H and O–H groups in total. The van der Waals surface area contributed by atoms with Crippen LogP contribution < -0.4 is 10.2 Å². The van der Waals surface area contributed by atoms with Crippen molar-refractivity contribution >= 4 is 11.6 Å². The topological polar surface area (TPSA) is 41.1 Å². The maximum atomic E-state index is 4.73. The summed E-state index contributed by atoms with van der Waals surface area (Å²) in [4.78, 5) is 11.7. The van der Waals surface area contributed by atoms with Crippen LogP contribution in [0.2, 0.25) is 0 Å². The van der Waals surface area contributed by atoms with Crippen molar-refractivity contribution in [2.45, 2.75) is 52.0 Å². The Labute approximate surface area is 110 Å². The highest BCUT2D eigenvalue weighted by Crippen LogP contribution is 2.31. The first-order valence-corrected chi connectivity index (χ1v) is 7.10. The van der Waals surface area contributed by atoms with Crippen LogP contribution in [-0.4, -0.2) is 29.6 Å². The molecule has 0 atom stereocenters. The summed E-state index contributed by atoms with van der Waals surface area (Å²) in [6.07, 6.45) is 5.82. The van der Waals surface area contributed by atoms with Gasteiger partial charge in [0.05, 0.1) is 0 Å². The van der Waals surface area contributed by atoms with E-state index in [-0.39, 0.29) is 0 Å². The van der Waals surface area contributed by atoms with E-state index in [1.54, 1.807) is 0 Å². The van der Waals surface area contributed by atoms with E-state index in [0.717, 1.165) is 36.8 Å². The zero-order chi connectivity index (χ0) is 13.0. The van der Waals surface area contributed by atoms with Gasteiger partial charge in [0.25, 0.3) is 0 Å². The molecule has 18 heavy (non-hydrogen) atoms. The van der Waals surface area contributed by atoms with Crippen LogP contribution in [0, 0.1) is 0 Å². The smallest absolute Gasteiger partial charge is 0.134 e. The van der Waals surface area contributed by atoms with E-state index in [1.807, 2.05) is 7.05 Å². The van der Waals surface area contributed by atoms with Crippen molar-refractivity contribution in [2.75, 3.05) is 23.8 Å². The summed E-state index contributed by atoms with van der Waals surface area (Å²) >= 11 is 0. The summed E-state index contributed by atoms with van der Waals surface area (Å²) in [6, 6.07) is 2.78. The number of anilines is 2. The number of hydrogen-bond acceptors (Lipinski definition) is 4. The molecule has 0 saturated heterocycles. The Morgan fingerprint density at radius 1 is 1.28 bits per heavy atom. The Morgan fingerprint density at radius 2 is 2.06 bits per heavy atom. The minimum absolute atomic E-state index is 0.707. The molecule has 0 bridgehead atoms. The number of rotatable bonds is 7. The second-order valence-corrected chi connectivity index (χ2v) is 4.95. The third-order valence-corrected chi connectivity index (χ3v) is 3.24. The van der Waals surface area contributed by atoms with Gasteiger partial charge in [0, 0.05) is 32.1 Å². The van der Waals surface area contributed by atoms with E-state index in [1.165, 1.54) is 19.3 Å². The minimum atomic E-state index is 0.707. The molecule has 4 heteroatoms. The van der Waals surface area contributed by atoms with Crippen molar-refractivity contribution in [1.29, 1.82) is 0 Å². The molecule has 1 saturated carbocycles. The van der Waals surface area contributed by atoms with Crippen LogP contribution in [-0.2, 0) is 6.42 Å². The maximum absolute atomic E-state index is 4.73. The van der Waals surface area contributed by atoms with Gasteiger partial charge in [-0.3, -0.25) is 0 Å². The van der Waals surface area contributed by atoms with Crippen molar-refractivity contribution in [3.8, 4) is 0 Å². The van der Waals surface area contributed by atoms with Gasteiger partial charge in [-0.25, -0.2) is 9.97 Å². The lowest BCUT2D eigenvalue weighted by Crippen LogP contribution is -2.28. The molecule has 1 aromatic rings. The number of aryl methyl sites for hydroxylation is 1. The van der Waals surface area contributed by atoms with Crippen LogP contribution in [0.25, 0.3) is 0 Å². The summed E-state index contributed by atoms with van der Waals surface area (Å²) in [5.41, 5.74) is 0. The van der Waals surface area contributed by atoms with Gasteiger partial charge in [0.15, 0.2) is 0 Å². The third-order valence-electron chi connectivity index (χ3n) is 3.24. The fourth-order valence-electron chi connectivity index (χ4n) is 2.21. The SMILES string of the molecule is CCCc1nc(NC)cc(N(CCC)C2CC2)n1. The molecule has 1 heterocycles. The molecule has 0 aromatic carbocycles. The molecule has 1 aliphatic rings. The largest absolute Gasteiger partial charge is 0.373 e. The van der Waals surface area contributed by atoms with Gasteiger partial charge in [0.2, 0.25) is 0 Å². The van der Waals surface area contributed by atoms with Gasteiger partial charge < -0.3 is 10.2 Å².